The number of halogens is 1. The SMILES string of the molecule is COC(=O)N1CCC=C(c2ccc3cnc(CNC(=O)c4ccc5c(c4)[C@](C)(F)COC5)cc3n2)C1. The van der Waals surface area contributed by atoms with Gasteiger partial charge < -0.3 is 19.7 Å². The average Bonchev–Trinajstić information content (AvgIpc) is 2.90. The van der Waals surface area contributed by atoms with E-state index in [0.717, 1.165) is 34.2 Å². The molecular formula is C27H27FN4O4. The number of carbonyl (C=O) groups excluding carboxylic acids is 2. The number of carbonyl (C=O) groups is 2. The van der Waals surface area contributed by atoms with E-state index in [9.17, 15) is 14.0 Å². The number of hydrogen-bond donors (Lipinski definition) is 1. The molecule has 1 atom stereocenters. The molecule has 0 spiro atoms. The van der Waals surface area contributed by atoms with Gasteiger partial charge in [0, 0.05) is 23.7 Å². The molecule has 2 aliphatic heterocycles. The van der Waals surface area contributed by atoms with Gasteiger partial charge in [-0.1, -0.05) is 12.1 Å². The first kappa shape index (κ1) is 23.9. The van der Waals surface area contributed by atoms with Crippen LogP contribution in [-0.2, 0) is 28.3 Å². The summed E-state index contributed by atoms with van der Waals surface area (Å²) in [7, 11) is 1.38. The number of benzene rings is 1. The number of amides is 2. The normalized spacial score (nSPS) is 19.4. The van der Waals surface area contributed by atoms with Crippen LogP contribution in [0.5, 0.6) is 0 Å². The summed E-state index contributed by atoms with van der Waals surface area (Å²) < 4.78 is 25.0. The first-order chi connectivity index (χ1) is 17.3. The van der Waals surface area contributed by atoms with Crippen LogP contribution in [-0.4, -0.2) is 53.7 Å². The molecule has 2 amide bonds. The summed E-state index contributed by atoms with van der Waals surface area (Å²) in [4.78, 5) is 35.6. The van der Waals surface area contributed by atoms with Crippen LogP contribution < -0.4 is 5.32 Å². The topological polar surface area (TPSA) is 93.7 Å². The summed E-state index contributed by atoms with van der Waals surface area (Å²) in [6.07, 6.45) is 4.18. The summed E-state index contributed by atoms with van der Waals surface area (Å²) in [6.45, 7) is 3.02. The number of alkyl halides is 1. The molecule has 0 bridgehead atoms. The zero-order chi connectivity index (χ0) is 25.3. The van der Waals surface area contributed by atoms with Gasteiger partial charge in [-0.2, -0.15) is 0 Å². The van der Waals surface area contributed by atoms with Crippen molar-refractivity contribution < 1.29 is 23.5 Å². The lowest BCUT2D eigenvalue weighted by Crippen LogP contribution is -2.35. The van der Waals surface area contributed by atoms with Crippen molar-refractivity contribution in [3.05, 3.63) is 76.7 Å². The van der Waals surface area contributed by atoms with E-state index in [4.69, 9.17) is 14.5 Å². The van der Waals surface area contributed by atoms with E-state index >= 15 is 0 Å². The maximum atomic E-state index is 14.8. The number of fused-ring (bicyclic) bond motifs is 2. The van der Waals surface area contributed by atoms with E-state index < -0.39 is 5.67 Å². The molecule has 0 unspecified atom stereocenters. The quantitative estimate of drug-likeness (QED) is 0.591. The number of nitrogens with zero attached hydrogens (tertiary/aromatic N) is 3. The van der Waals surface area contributed by atoms with Crippen LogP contribution in [0.25, 0.3) is 16.5 Å². The molecule has 8 nitrogen and oxygen atoms in total. The van der Waals surface area contributed by atoms with Gasteiger partial charge in [0.1, 0.15) is 0 Å². The molecule has 5 rings (SSSR count). The standard InChI is InChI=1S/C27H27FN4O4/c1-27(28)16-36-15-20-6-5-17(10-22(20)27)25(33)30-13-21-11-24-18(12-29-21)7-8-23(31-24)19-4-3-9-32(14-19)26(34)35-2/h4-8,10-12H,3,9,13-16H2,1-2H3,(H,30,33)/t27-/m1/s1. The van der Waals surface area contributed by atoms with Gasteiger partial charge in [-0.25, -0.2) is 14.2 Å². The number of hydrogen-bond acceptors (Lipinski definition) is 6. The molecule has 2 aliphatic rings. The average molecular weight is 491 g/mol. The highest BCUT2D eigenvalue weighted by molar-refractivity contribution is 5.94. The van der Waals surface area contributed by atoms with Crippen LogP contribution in [0.3, 0.4) is 0 Å². The fourth-order valence-electron chi connectivity index (χ4n) is 4.58. The molecule has 0 saturated carbocycles. The zero-order valence-corrected chi connectivity index (χ0v) is 20.2. The Morgan fingerprint density at radius 1 is 1.25 bits per heavy atom. The Morgan fingerprint density at radius 2 is 2.11 bits per heavy atom. The maximum Gasteiger partial charge on any atom is 0.409 e. The fraction of sp³-hybridized carbons (Fsp3) is 0.333. The van der Waals surface area contributed by atoms with Crippen LogP contribution in [0.15, 0.2) is 48.7 Å². The van der Waals surface area contributed by atoms with Crippen LogP contribution in [0.1, 0.15) is 46.2 Å². The summed E-state index contributed by atoms with van der Waals surface area (Å²) >= 11 is 0. The molecule has 0 aliphatic carbocycles. The molecule has 36 heavy (non-hydrogen) atoms. The van der Waals surface area contributed by atoms with E-state index in [1.54, 1.807) is 29.3 Å². The number of rotatable bonds is 4. The van der Waals surface area contributed by atoms with Gasteiger partial charge in [-0.05, 0) is 60.4 Å². The predicted molar refractivity (Wildman–Crippen MR) is 132 cm³/mol. The van der Waals surface area contributed by atoms with E-state index in [1.165, 1.54) is 14.0 Å². The lowest BCUT2D eigenvalue weighted by molar-refractivity contribution is -0.00467. The molecule has 2 aromatic heterocycles. The monoisotopic (exact) mass is 490 g/mol. The largest absolute Gasteiger partial charge is 0.453 e. The third kappa shape index (κ3) is 4.79. The van der Waals surface area contributed by atoms with Gasteiger partial charge in [0.15, 0.2) is 5.67 Å². The van der Waals surface area contributed by atoms with Crippen molar-refractivity contribution in [3.8, 4) is 0 Å². The summed E-state index contributed by atoms with van der Waals surface area (Å²) in [6, 6.07) is 10.7. The number of nitrogens with one attached hydrogen (secondary N) is 1. The van der Waals surface area contributed by atoms with Crippen LogP contribution in [0.4, 0.5) is 9.18 Å². The van der Waals surface area contributed by atoms with Gasteiger partial charge >= 0.3 is 6.09 Å². The first-order valence-corrected chi connectivity index (χ1v) is 11.8. The third-order valence-corrected chi connectivity index (χ3v) is 6.54. The summed E-state index contributed by atoms with van der Waals surface area (Å²) in [5.74, 6) is -0.307. The molecule has 186 valence electrons. The minimum absolute atomic E-state index is 0.0291. The van der Waals surface area contributed by atoms with Crippen molar-refractivity contribution in [2.75, 3.05) is 26.8 Å². The Balaban J connectivity index is 1.31. The molecule has 1 N–H and O–H groups in total. The lowest BCUT2D eigenvalue weighted by atomic mass is 9.90. The van der Waals surface area contributed by atoms with Gasteiger partial charge in [-0.15, -0.1) is 0 Å². The van der Waals surface area contributed by atoms with Crippen LogP contribution >= 0.6 is 0 Å². The highest BCUT2D eigenvalue weighted by atomic mass is 19.1. The van der Waals surface area contributed by atoms with Gasteiger partial charge in [0.25, 0.3) is 5.91 Å². The highest BCUT2D eigenvalue weighted by Crippen LogP contribution is 2.34. The zero-order valence-electron chi connectivity index (χ0n) is 20.2. The second kappa shape index (κ2) is 9.66. The molecule has 0 radical (unpaired) electrons. The molecular weight excluding hydrogens is 463 g/mol. The number of aromatic nitrogens is 2. The molecule has 0 saturated heterocycles. The van der Waals surface area contributed by atoms with Crippen molar-refractivity contribution in [1.82, 2.24) is 20.2 Å². The predicted octanol–water partition coefficient (Wildman–Crippen LogP) is 4.13. The molecule has 3 aromatic rings. The van der Waals surface area contributed by atoms with Gasteiger partial charge in [0.05, 0.1) is 50.3 Å². The maximum absolute atomic E-state index is 14.8. The van der Waals surface area contributed by atoms with Crippen molar-refractivity contribution in [2.45, 2.75) is 32.2 Å². The van der Waals surface area contributed by atoms with Crippen molar-refractivity contribution in [2.24, 2.45) is 0 Å². The second-order valence-corrected chi connectivity index (χ2v) is 9.22. The minimum Gasteiger partial charge on any atom is -0.453 e. The van der Waals surface area contributed by atoms with E-state index in [2.05, 4.69) is 16.4 Å². The number of ether oxygens (including phenoxy) is 2. The summed E-state index contributed by atoms with van der Waals surface area (Å²) in [5, 5.41) is 3.73. The summed E-state index contributed by atoms with van der Waals surface area (Å²) in [5.41, 5.74) is 3.13. The Labute approximate surface area is 208 Å². The Kier molecular flexibility index (Phi) is 6.40. The van der Waals surface area contributed by atoms with Crippen molar-refractivity contribution in [3.63, 3.8) is 0 Å². The van der Waals surface area contributed by atoms with Crippen LogP contribution in [0, 0.1) is 0 Å². The number of methoxy groups -OCH3 is 1. The minimum atomic E-state index is -1.63. The Morgan fingerprint density at radius 3 is 2.94 bits per heavy atom. The third-order valence-electron chi connectivity index (χ3n) is 6.54. The molecule has 0 fully saturated rings. The van der Waals surface area contributed by atoms with E-state index in [-0.39, 0.29) is 25.2 Å². The first-order valence-electron chi connectivity index (χ1n) is 11.8. The number of pyridine rings is 2. The smallest absolute Gasteiger partial charge is 0.409 e. The molecule has 1 aromatic carbocycles. The van der Waals surface area contributed by atoms with Crippen molar-refractivity contribution in [1.29, 1.82) is 0 Å². The Hall–Kier alpha value is -3.85. The highest BCUT2D eigenvalue weighted by Gasteiger charge is 2.33. The van der Waals surface area contributed by atoms with Gasteiger partial charge in [0.2, 0.25) is 0 Å². The Bertz CT molecular complexity index is 1370. The van der Waals surface area contributed by atoms with Crippen LogP contribution in [0.2, 0.25) is 0 Å². The molecule has 4 heterocycles. The lowest BCUT2D eigenvalue weighted by Gasteiger charge is -2.29. The van der Waals surface area contributed by atoms with E-state index in [1.807, 2.05) is 18.2 Å². The van der Waals surface area contributed by atoms with Crippen molar-refractivity contribution >= 4 is 28.5 Å². The fourth-order valence-corrected chi connectivity index (χ4v) is 4.58. The molecule has 9 heteroatoms. The van der Waals surface area contributed by atoms with E-state index in [0.29, 0.717) is 36.5 Å². The van der Waals surface area contributed by atoms with Gasteiger partial charge in [-0.3, -0.25) is 9.78 Å². The second-order valence-electron chi connectivity index (χ2n) is 9.22.